The van der Waals surface area contributed by atoms with Crippen LogP contribution in [0.15, 0.2) is 66.9 Å². The first-order chi connectivity index (χ1) is 12.3. The molecule has 0 radical (unpaired) electrons. The Bertz CT molecular complexity index is 642. The first-order valence-electron chi connectivity index (χ1n) is 9.50. The van der Waals surface area contributed by atoms with E-state index >= 15 is 0 Å². The largest absolute Gasteiger partial charge is 0.494 e. The summed E-state index contributed by atoms with van der Waals surface area (Å²) in [5.74, 6) is 0.959. The van der Waals surface area contributed by atoms with E-state index in [0.29, 0.717) is 0 Å². The fraction of sp³-hybridized carbons (Fsp3) is 0.391. The summed E-state index contributed by atoms with van der Waals surface area (Å²) in [5, 5.41) is 0. The predicted molar refractivity (Wildman–Crippen MR) is 105 cm³/mol. The van der Waals surface area contributed by atoms with Crippen LogP contribution in [-0.2, 0) is 6.42 Å². The van der Waals surface area contributed by atoms with E-state index in [1.807, 2.05) is 0 Å². The summed E-state index contributed by atoms with van der Waals surface area (Å²) in [6.07, 6.45) is 7.02. The number of ether oxygens (including phenoxy) is 1. The zero-order valence-electron chi connectivity index (χ0n) is 15.1. The quantitative estimate of drug-likeness (QED) is 0.596. The van der Waals surface area contributed by atoms with Crippen LogP contribution < -0.4 is 4.74 Å². The molecule has 0 amide bonds. The SMILES string of the molecule is C=C(CCCOc1ccc(Cc2ccccc2)cc1)N1CCCCC1. The van der Waals surface area contributed by atoms with Gasteiger partial charge in [0, 0.05) is 18.8 Å². The van der Waals surface area contributed by atoms with Gasteiger partial charge in [0.15, 0.2) is 0 Å². The average molecular weight is 335 g/mol. The number of nitrogens with zero attached hydrogens (tertiary/aromatic N) is 1. The first kappa shape index (κ1) is 17.6. The second kappa shape index (κ2) is 9.31. The minimum Gasteiger partial charge on any atom is -0.494 e. The molecule has 25 heavy (non-hydrogen) atoms. The maximum absolute atomic E-state index is 5.89. The van der Waals surface area contributed by atoms with E-state index in [-0.39, 0.29) is 0 Å². The molecule has 0 spiro atoms. The molecule has 0 atom stereocenters. The lowest BCUT2D eigenvalue weighted by molar-refractivity contribution is 0.263. The van der Waals surface area contributed by atoms with Crippen LogP contribution in [0.3, 0.4) is 0 Å². The molecular weight excluding hydrogens is 306 g/mol. The van der Waals surface area contributed by atoms with Crippen molar-refractivity contribution in [1.29, 1.82) is 0 Å². The number of hydrogen-bond donors (Lipinski definition) is 0. The molecule has 0 unspecified atom stereocenters. The van der Waals surface area contributed by atoms with Crippen molar-refractivity contribution in [2.75, 3.05) is 19.7 Å². The highest BCUT2D eigenvalue weighted by Crippen LogP contribution is 2.18. The van der Waals surface area contributed by atoms with E-state index in [1.165, 1.54) is 49.2 Å². The van der Waals surface area contributed by atoms with Gasteiger partial charge in [0.05, 0.1) is 6.61 Å². The monoisotopic (exact) mass is 335 g/mol. The van der Waals surface area contributed by atoms with Crippen LogP contribution in [0.4, 0.5) is 0 Å². The fourth-order valence-corrected chi connectivity index (χ4v) is 3.37. The molecule has 0 N–H and O–H groups in total. The van der Waals surface area contributed by atoms with Crippen LogP contribution in [0.25, 0.3) is 0 Å². The molecular formula is C23H29NO. The number of benzene rings is 2. The molecule has 132 valence electrons. The molecule has 0 aliphatic carbocycles. The van der Waals surface area contributed by atoms with Crippen LogP contribution in [-0.4, -0.2) is 24.6 Å². The third-order valence-electron chi connectivity index (χ3n) is 4.86. The fourth-order valence-electron chi connectivity index (χ4n) is 3.37. The molecule has 1 aliphatic heterocycles. The molecule has 0 saturated carbocycles. The van der Waals surface area contributed by atoms with E-state index in [1.54, 1.807) is 0 Å². The van der Waals surface area contributed by atoms with E-state index in [9.17, 15) is 0 Å². The molecule has 3 rings (SSSR count). The Morgan fingerprint density at radius 2 is 1.56 bits per heavy atom. The Hall–Kier alpha value is -2.22. The standard InChI is InChI=1S/C23H29NO/c1-20(24-16-6-3-7-17-24)9-8-18-25-23-14-12-22(13-15-23)19-21-10-4-2-5-11-21/h2,4-5,10-15H,1,3,6-9,16-19H2. The number of likely N-dealkylation sites (tertiary alicyclic amines) is 1. The Morgan fingerprint density at radius 1 is 0.880 bits per heavy atom. The van der Waals surface area contributed by atoms with Crippen molar-refractivity contribution in [1.82, 2.24) is 4.90 Å². The van der Waals surface area contributed by atoms with E-state index in [4.69, 9.17) is 4.74 Å². The summed E-state index contributed by atoms with van der Waals surface area (Å²) in [6, 6.07) is 19.0. The van der Waals surface area contributed by atoms with Gasteiger partial charge in [0.1, 0.15) is 5.75 Å². The summed E-state index contributed by atoms with van der Waals surface area (Å²) in [5.41, 5.74) is 3.94. The van der Waals surface area contributed by atoms with E-state index < -0.39 is 0 Å². The highest BCUT2D eigenvalue weighted by atomic mass is 16.5. The summed E-state index contributed by atoms with van der Waals surface area (Å²) in [4.78, 5) is 2.45. The van der Waals surface area contributed by atoms with Crippen LogP contribution in [0, 0.1) is 0 Å². The number of hydrogen-bond acceptors (Lipinski definition) is 2. The van der Waals surface area contributed by atoms with Gasteiger partial charge in [-0.15, -0.1) is 0 Å². The lowest BCUT2D eigenvalue weighted by Gasteiger charge is -2.30. The van der Waals surface area contributed by atoms with Gasteiger partial charge >= 0.3 is 0 Å². The van der Waals surface area contributed by atoms with Crippen molar-refractivity contribution in [2.45, 2.75) is 38.5 Å². The van der Waals surface area contributed by atoms with Gasteiger partial charge in [-0.1, -0.05) is 49.0 Å². The van der Waals surface area contributed by atoms with Gasteiger partial charge in [0.2, 0.25) is 0 Å². The highest BCUT2D eigenvalue weighted by Gasteiger charge is 2.11. The first-order valence-corrected chi connectivity index (χ1v) is 9.50. The normalized spacial score (nSPS) is 14.3. The topological polar surface area (TPSA) is 12.5 Å². The van der Waals surface area contributed by atoms with Gasteiger partial charge in [-0.2, -0.15) is 0 Å². The predicted octanol–water partition coefficient (Wildman–Crippen LogP) is 5.44. The van der Waals surface area contributed by atoms with Crippen LogP contribution in [0.1, 0.15) is 43.2 Å². The number of allylic oxidation sites excluding steroid dienone is 1. The van der Waals surface area contributed by atoms with Crippen molar-refractivity contribution >= 4 is 0 Å². The highest BCUT2D eigenvalue weighted by molar-refractivity contribution is 5.31. The minimum atomic E-state index is 0.755. The summed E-state index contributed by atoms with van der Waals surface area (Å²) in [7, 11) is 0. The molecule has 1 fully saturated rings. The molecule has 2 heteroatoms. The van der Waals surface area contributed by atoms with Gasteiger partial charge in [-0.05, 0) is 61.8 Å². The van der Waals surface area contributed by atoms with Crippen molar-refractivity contribution in [3.8, 4) is 5.75 Å². The third-order valence-corrected chi connectivity index (χ3v) is 4.86. The van der Waals surface area contributed by atoms with Crippen molar-refractivity contribution in [3.05, 3.63) is 78.0 Å². The van der Waals surface area contributed by atoms with Crippen molar-refractivity contribution < 1.29 is 4.74 Å². The molecule has 1 heterocycles. The maximum Gasteiger partial charge on any atom is 0.119 e. The summed E-state index contributed by atoms with van der Waals surface area (Å²) in [6.45, 7) is 7.37. The summed E-state index contributed by atoms with van der Waals surface area (Å²) >= 11 is 0. The van der Waals surface area contributed by atoms with Gasteiger partial charge in [0.25, 0.3) is 0 Å². The van der Waals surface area contributed by atoms with Crippen LogP contribution in [0.5, 0.6) is 5.75 Å². The van der Waals surface area contributed by atoms with Gasteiger partial charge in [-0.3, -0.25) is 0 Å². The molecule has 2 nitrogen and oxygen atoms in total. The van der Waals surface area contributed by atoms with Crippen molar-refractivity contribution in [2.24, 2.45) is 0 Å². The molecule has 2 aromatic carbocycles. The van der Waals surface area contributed by atoms with Crippen LogP contribution >= 0.6 is 0 Å². The van der Waals surface area contributed by atoms with Gasteiger partial charge in [-0.25, -0.2) is 0 Å². The van der Waals surface area contributed by atoms with E-state index in [0.717, 1.165) is 31.6 Å². The number of piperidine rings is 1. The Kier molecular flexibility index (Phi) is 6.55. The molecule has 2 aromatic rings. The number of rotatable bonds is 8. The van der Waals surface area contributed by atoms with Crippen molar-refractivity contribution in [3.63, 3.8) is 0 Å². The zero-order valence-corrected chi connectivity index (χ0v) is 15.1. The lowest BCUT2D eigenvalue weighted by Crippen LogP contribution is -2.28. The minimum absolute atomic E-state index is 0.755. The molecule has 1 saturated heterocycles. The molecule has 0 bridgehead atoms. The second-order valence-corrected chi connectivity index (χ2v) is 6.87. The third kappa shape index (κ3) is 5.67. The smallest absolute Gasteiger partial charge is 0.119 e. The molecule has 1 aliphatic rings. The van der Waals surface area contributed by atoms with Crippen LogP contribution in [0.2, 0.25) is 0 Å². The summed E-state index contributed by atoms with van der Waals surface area (Å²) < 4.78 is 5.89. The Labute approximate surface area is 152 Å². The zero-order chi connectivity index (χ0) is 17.3. The Balaban J connectivity index is 1.37. The average Bonchev–Trinajstić information content (AvgIpc) is 2.68. The van der Waals surface area contributed by atoms with Gasteiger partial charge < -0.3 is 9.64 Å². The maximum atomic E-state index is 5.89. The molecule has 0 aromatic heterocycles. The second-order valence-electron chi connectivity index (χ2n) is 6.87. The lowest BCUT2D eigenvalue weighted by atomic mass is 10.1. The Morgan fingerprint density at radius 3 is 2.28 bits per heavy atom. The van der Waals surface area contributed by atoms with E-state index in [2.05, 4.69) is 66.1 Å².